The molecule has 0 radical (unpaired) electrons. The zero-order valence-electron chi connectivity index (χ0n) is 31.3. The Hall–Kier alpha value is -5.76. The number of ether oxygens (including phenoxy) is 1. The van der Waals surface area contributed by atoms with Crippen LogP contribution in [0.3, 0.4) is 0 Å². The summed E-state index contributed by atoms with van der Waals surface area (Å²) in [6.45, 7) is 3.75. The molecule has 14 heteroatoms. The molecule has 3 fully saturated rings. The fourth-order valence-corrected chi connectivity index (χ4v) is 8.93. The number of imidazole rings is 1. The highest BCUT2D eigenvalue weighted by atomic mass is 16.5. The fraction of sp³-hybridized carbons (Fsp3) is 0.415. The van der Waals surface area contributed by atoms with Crippen molar-refractivity contribution >= 4 is 56.8 Å². The second-order valence-corrected chi connectivity index (χ2v) is 15.3. The first-order valence-corrected chi connectivity index (χ1v) is 19.4. The number of nitrogens with one attached hydrogen (secondary N) is 2. The van der Waals surface area contributed by atoms with Crippen LogP contribution in [0.25, 0.3) is 27.5 Å². The van der Waals surface area contributed by atoms with Gasteiger partial charge in [0, 0.05) is 66.5 Å². The number of carbonyl (C=O) groups excluding carboxylic acids is 3. The molecule has 9 rings (SSSR count). The third-order valence-corrected chi connectivity index (χ3v) is 12.1. The number of piperidine rings is 1. The van der Waals surface area contributed by atoms with Crippen LogP contribution in [-0.2, 0) is 11.8 Å². The molecule has 6 heterocycles. The number of rotatable bonds is 9. The normalized spacial score (nSPS) is 20.1. The van der Waals surface area contributed by atoms with Crippen molar-refractivity contribution in [3.05, 3.63) is 78.4 Å². The lowest BCUT2D eigenvalue weighted by molar-refractivity contribution is -0.120. The van der Waals surface area contributed by atoms with Gasteiger partial charge in [0.15, 0.2) is 11.5 Å². The lowest BCUT2D eigenvalue weighted by Gasteiger charge is -2.34. The Bertz CT molecular complexity index is 2410. The van der Waals surface area contributed by atoms with Gasteiger partial charge in [0.25, 0.3) is 5.91 Å². The van der Waals surface area contributed by atoms with Crippen LogP contribution in [-0.4, -0.2) is 85.0 Å². The Morgan fingerprint density at radius 2 is 1.82 bits per heavy atom. The molecule has 2 N–H and O–H groups in total. The minimum absolute atomic E-state index is 0.219. The van der Waals surface area contributed by atoms with E-state index in [1.165, 1.54) is 30.3 Å². The van der Waals surface area contributed by atoms with Gasteiger partial charge >= 0.3 is 6.03 Å². The SMILES string of the molecule is COc1cc2nn(C3CCC(CCN4CCC(c5cc6ccc(N7CCC(=O)NC7=O)cc6n5C)CC4)CC3)cc2cc1C(=O)Nc1cnc2cccnn12. The Balaban J connectivity index is 0.772. The molecule has 2 aromatic carbocycles. The van der Waals surface area contributed by atoms with Gasteiger partial charge in [0.2, 0.25) is 5.91 Å². The number of anilines is 2. The zero-order valence-corrected chi connectivity index (χ0v) is 31.3. The maximum absolute atomic E-state index is 13.4. The van der Waals surface area contributed by atoms with E-state index in [-0.39, 0.29) is 17.8 Å². The molecule has 55 heavy (non-hydrogen) atoms. The fourth-order valence-electron chi connectivity index (χ4n) is 8.93. The van der Waals surface area contributed by atoms with Gasteiger partial charge < -0.3 is 19.5 Å². The third-order valence-electron chi connectivity index (χ3n) is 12.1. The molecule has 1 saturated carbocycles. The van der Waals surface area contributed by atoms with Crippen LogP contribution in [0.2, 0.25) is 0 Å². The molecule has 14 nitrogen and oxygen atoms in total. The number of benzene rings is 2. The number of hydrogen-bond acceptors (Lipinski definition) is 8. The monoisotopic (exact) mass is 742 g/mol. The predicted octanol–water partition coefficient (Wildman–Crippen LogP) is 6.28. The Labute approximate surface area is 318 Å². The summed E-state index contributed by atoms with van der Waals surface area (Å²) >= 11 is 0. The van der Waals surface area contributed by atoms with E-state index in [0.29, 0.717) is 47.7 Å². The van der Waals surface area contributed by atoms with Crippen molar-refractivity contribution in [1.29, 1.82) is 0 Å². The van der Waals surface area contributed by atoms with Crippen molar-refractivity contribution in [3.63, 3.8) is 0 Å². The Kier molecular flexibility index (Phi) is 9.20. The average molecular weight is 743 g/mol. The van der Waals surface area contributed by atoms with Crippen LogP contribution in [0.1, 0.15) is 79.4 Å². The van der Waals surface area contributed by atoms with Crippen LogP contribution < -0.4 is 20.3 Å². The smallest absolute Gasteiger partial charge is 0.328 e. The van der Waals surface area contributed by atoms with Crippen molar-refractivity contribution in [1.82, 2.24) is 39.2 Å². The number of methoxy groups -OCH3 is 1. The summed E-state index contributed by atoms with van der Waals surface area (Å²) < 4.78 is 11.6. The number of amides is 4. The summed E-state index contributed by atoms with van der Waals surface area (Å²) in [5, 5.41) is 16.7. The molecule has 0 atom stereocenters. The van der Waals surface area contributed by atoms with Crippen molar-refractivity contribution in [2.45, 2.75) is 63.3 Å². The zero-order chi connectivity index (χ0) is 37.6. The maximum Gasteiger partial charge on any atom is 0.328 e. The highest BCUT2D eigenvalue weighted by Gasteiger charge is 2.28. The standard InChI is InChI=1S/C41H46N10O4/c1-47-34(21-28-7-10-31(22-35(28)47)49-19-14-39(52)45-41(49)54)27-12-17-48(18-13-27)16-11-26-5-8-30(9-6-26)50-25-29-20-32(36(55-2)23-33(29)46-50)40(53)44-38-24-42-37-4-3-15-43-51(37)38/h3-4,7,10,15,20-27,30H,5-6,8-9,11-14,16-19H2,1-2H3,(H,44,53)(H,45,52,54). The van der Waals surface area contributed by atoms with Crippen LogP contribution in [0.15, 0.2) is 67.1 Å². The molecule has 2 aliphatic heterocycles. The third kappa shape index (κ3) is 6.79. The van der Waals surface area contributed by atoms with Crippen LogP contribution >= 0.6 is 0 Å². The van der Waals surface area contributed by atoms with Crippen LogP contribution in [0.4, 0.5) is 16.3 Å². The van der Waals surface area contributed by atoms with Gasteiger partial charge in [-0.1, -0.05) is 6.07 Å². The number of urea groups is 1. The number of aromatic nitrogens is 6. The first kappa shape index (κ1) is 35.0. The van der Waals surface area contributed by atoms with E-state index in [2.05, 4.69) is 66.3 Å². The molecule has 6 aromatic rings. The summed E-state index contributed by atoms with van der Waals surface area (Å²) in [7, 11) is 3.70. The van der Waals surface area contributed by atoms with Gasteiger partial charge in [0.1, 0.15) is 5.75 Å². The molecule has 284 valence electrons. The second-order valence-electron chi connectivity index (χ2n) is 15.3. The van der Waals surface area contributed by atoms with Gasteiger partial charge in [-0.3, -0.25) is 24.5 Å². The van der Waals surface area contributed by atoms with E-state index in [9.17, 15) is 14.4 Å². The van der Waals surface area contributed by atoms with Gasteiger partial charge in [0.05, 0.1) is 35.9 Å². The van der Waals surface area contributed by atoms with Gasteiger partial charge in [-0.25, -0.2) is 9.78 Å². The second kappa shape index (κ2) is 14.5. The summed E-state index contributed by atoms with van der Waals surface area (Å²) in [6, 6.07) is 15.8. The van der Waals surface area contributed by atoms with Crippen molar-refractivity contribution in [2.75, 3.05) is 43.5 Å². The number of aryl methyl sites for hydroxylation is 1. The van der Waals surface area contributed by atoms with E-state index in [1.54, 1.807) is 35.0 Å². The molecular formula is C41H46N10O4. The predicted molar refractivity (Wildman–Crippen MR) is 210 cm³/mol. The maximum atomic E-state index is 13.4. The topological polar surface area (TPSA) is 144 Å². The highest BCUT2D eigenvalue weighted by Crippen LogP contribution is 2.37. The average Bonchev–Trinajstić information content (AvgIpc) is 3.92. The summed E-state index contributed by atoms with van der Waals surface area (Å²) in [5.41, 5.74) is 5.19. The van der Waals surface area contributed by atoms with Crippen molar-refractivity contribution in [2.24, 2.45) is 13.0 Å². The minimum atomic E-state index is -0.351. The highest BCUT2D eigenvalue weighted by molar-refractivity contribution is 6.08. The van der Waals surface area contributed by atoms with E-state index < -0.39 is 0 Å². The quantitative estimate of drug-likeness (QED) is 0.176. The molecule has 0 bridgehead atoms. The van der Waals surface area contributed by atoms with Crippen molar-refractivity contribution in [3.8, 4) is 5.75 Å². The lowest BCUT2D eigenvalue weighted by atomic mass is 9.84. The first-order chi connectivity index (χ1) is 26.8. The van der Waals surface area contributed by atoms with E-state index in [1.807, 2.05) is 24.3 Å². The molecule has 1 aliphatic carbocycles. The number of nitrogens with zero attached hydrogens (tertiary/aromatic N) is 8. The van der Waals surface area contributed by atoms with E-state index >= 15 is 0 Å². The van der Waals surface area contributed by atoms with E-state index in [4.69, 9.17) is 9.84 Å². The number of likely N-dealkylation sites (tertiary alicyclic amines) is 1. The first-order valence-electron chi connectivity index (χ1n) is 19.4. The summed E-state index contributed by atoms with van der Waals surface area (Å²) in [4.78, 5) is 46.1. The molecule has 0 unspecified atom stereocenters. The van der Waals surface area contributed by atoms with Gasteiger partial charge in [-0.15, -0.1) is 0 Å². The number of fused-ring (bicyclic) bond motifs is 3. The van der Waals surface area contributed by atoms with E-state index in [0.717, 1.165) is 73.3 Å². The summed E-state index contributed by atoms with van der Waals surface area (Å²) in [6.07, 6.45) is 13.7. The van der Waals surface area contributed by atoms with Crippen LogP contribution in [0, 0.1) is 5.92 Å². The number of imide groups is 1. The molecule has 2 saturated heterocycles. The Morgan fingerprint density at radius 1 is 0.982 bits per heavy atom. The largest absolute Gasteiger partial charge is 0.496 e. The molecule has 4 amide bonds. The molecule has 0 spiro atoms. The van der Waals surface area contributed by atoms with Crippen molar-refractivity contribution < 1.29 is 19.1 Å². The Morgan fingerprint density at radius 3 is 2.62 bits per heavy atom. The minimum Gasteiger partial charge on any atom is -0.496 e. The number of carbonyl (C=O) groups is 3. The molecular weight excluding hydrogens is 697 g/mol. The summed E-state index contributed by atoms with van der Waals surface area (Å²) in [5.74, 6) is 1.68. The van der Waals surface area contributed by atoms with Gasteiger partial charge in [-0.2, -0.15) is 14.7 Å². The molecule has 3 aliphatic rings. The molecule has 4 aromatic heterocycles. The lowest BCUT2D eigenvalue weighted by Crippen LogP contribution is -2.49. The number of hydrogen-bond donors (Lipinski definition) is 2. The van der Waals surface area contributed by atoms with Crippen LogP contribution in [0.5, 0.6) is 5.75 Å². The van der Waals surface area contributed by atoms with Gasteiger partial charge in [-0.05, 0) is 107 Å².